The molecule has 0 saturated heterocycles. The van der Waals surface area contributed by atoms with E-state index in [1.807, 2.05) is 25.1 Å². The summed E-state index contributed by atoms with van der Waals surface area (Å²) in [6, 6.07) is 8.73. The number of thiocarbonyl (C=S) groups is 1. The Morgan fingerprint density at radius 2 is 1.73 bits per heavy atom. The van der Waals surface area contributed by atoms with Gasteiger partial charge in [0.2, 0.25) is 0 Å². The summed E-state index contributed by atoms with van der Waals surface area (Å²) in [7, 11) is 0.500. The molecule has 0 spiro atoms. The molecular weight excluding hydrogens is 213 g/mol. The van der Waals surface area contributed by atoms with Crippen molar-refractivity contribution in [3.05, 3.63) is 35.9 Å². The Kier molecular flexibility index (Phi) is 13.5. The van der Waals surface area contributed by atoms with E-state index in [0.29, 0.717) is 12.7 Å². The van der Waals surface area contributed by atoms with Gasteiger partial charge in [-0.3, -0.25) is 9.18 Å². The summed E-state index contributed by atoms with van der Waals surface area (Å²) in [5.74, 6) is -0.347. The molecule has 0 heterocycles. The van der Waals surface area contributed by atoms with Crippen molar-refractivity contribution in [1.29, 1.82) is 0 Å². The first kappa shape index (κ1) is 16.1. The lowest BCUT2D eigenvalue weighted by atomic mass is 10.2. The summed E-state index contributed by atoms with van der Waals surface area (Å²) >= 11 is 4.29. The minimum atomic E-state index is -0.347. The zero-order chi connectivity index (χ0) is 12.1. The van der Waals surface area contributed by atoms with Gasteiger partial charge in [-0.15, -0.1) is 0 Å². The molecule has 1 aromatic carbocycles. The molecule has 0 saturated carbocycles. The molecule has 0 atom stereocenters. The highest BCUT2D eigenvalue weighted by molar-refractivity contribution is 7.78. The van der Waals surface area contributed by atoms with Crippen molar-refractivity contribution in [2.45, 2.75) is 13.8 Å². The number of halogens is 1. The first-order valence-electron chi connectivity index (χ1n) is 4.39. The van der Waals surface area contributed by atoms with Gasteiger partial charge in [0.05, 0.1) is 12.3 Å². The summed E-state index contributed by atoms with van der Waals surface area (Å²) in [6.45, 7) is 4.00. The molecule has 1 rings (SSSR count). The number of benzene rings is 1. The van der Waals surface area contributed by atoms with E-state index in [-0.39, 0.29) is 5.91 Å². The van der Waals surface area contributed by atoms with Crippen molar-refractivity contribution in [2.75, 3.05) is 7.18 Å². The maximum Gasteiger partial charge on any atom is 0.285 e. The number of nitrogens with zero attached hydrogens (tertiary/aromatic N) is 1. The molecule has 0 N–H and O–H groups in total. The van der Waals surface area contributed by atoms with Crippen molar-refractivity contribution >= 4 is 23.3 Å². The number of rotatable bonds is 1. The van der Waals surface area contributed by atoms with Crippen molar-refractivity contribution in [3.8, 4) is 0 Å². The molecule has 0 bridgehead atoms. The minimum absolute atomic E-state index is 0.347. The van der Waals surface area contributed by atoms with Crippen LogP contribution in [0.4, 0.5) is 4.39 Å². The fraction of sp³-hybridized carbons (Fsp3) is 0.273. The Bertz CT molecular complexity index is 308. The van der Waals surface area contributed by atoms with Gasteiger partial charge in [-0.1, -0.05) is 32.0 Å². The predicted octanol–water partition coefficient (Wildman–Crippen LogP) is 3.54. The van der Waals surface area contributed by atoms with E-state index in [2.05, 4.69) is 17.2 Å². The predicted molar refractivity (Wildman–Crippen MR) is 64.2 cm³/mol. The molecule has 0 aliphatic heterocycles. The summed E-state index contributed by atoms with van der Waals surface area (Å²) in [6.07, 6.45) is 0. The van der Waals surface area contributed by atoms with Crippen LogP contribution < -0.4 is 0 Å². The molecule has 0 radical (unpaired) electrons. The van der Waals surface area contributed by atoms with Gasteiger partial charge in [-0.25, -0.2) is 0 Å². The van der Waals surface area contributed by atoms with Crippen LogP contribution in [-0.4, -0.2) is 18.2 Å². The Morgan fingerprint density at radius 1 is 1.27 bits per heavy atom. The standard InChI is InChI=1S/C8H5NOS.C2H6.CH3F/c10-8(9-6-11)7-4-2-1-3-5-7;2*1-2/h1-5H;1-2H3;1H3. The highest BCUT2D eigenvalue weighted by Gasteiger charge is 1.99. The van der Waals surface area contributed by atoms with Gasteiger partial charge in [0.1, 0.15) is 0 Å². The molecule has 0 fully saturated rings. The lowest BCUT2D eigenvalue weighted by molar-refractivity contribution is 0.100. The van der Waals surface area contributed by atoms with E-state index in [0.717, 1.165) is 0 Å². The third kappa shape index (κ3) is 7.67. The van der Waals surface area contributed by atoms with Crippen LogP contribution in [0, 0.1) is 0 Å². The molecule has 15 heavy (non-hydrogen) atoms. The fourth-order valence-electron chi connectivity index (χ4n) is 0.687. The third-order valence-electron chi connectivity index (χ3n) is 1.17. The lowest BCUT2D eigenvalue weighted by Crippen LogP contribution is -1.91. The number of hydrogen-bond acceptors (Lipinski definition) is 2. The SMILES string of the molecule is CC.CF.O=C(N=C=S)c1ccccc1. The smallest absolute Gasteiger partial charge is 0.266 e. The Balaban J connectivity index is 0. The maximum atomic E-state index is 10.9. The average molecular weight is 227 g/mol. The van der Waals surface area contributed by atoms with E-state index >= 15 is 0 Å². The van der Waals surface area contributed by atoms with E-state index in [4.69, 9.17) is 0 Å². The number of isothiocyanates is 1. The van der Waals surface area contributed by atoms with Crippen molar-refractivity contribution in [2.24, 2.45) is 4.99 Å². The highest BCUT2D eigenvalue weighted by atomic mass is 32.1. The van der Waals surface area contributed by atoms with Crippen LogP contribution >= 0.6 is 12.2 Å². The van der Waals surface area contributed by atoms with Gasteiger partial charge in [0.25, 0.3) is 5.91 Å². The summed E-state index contributed by atoms with van der Waals surface area (Å²) in [4.78, 5) is 14.3. The zero-order valence-electron chi connectivity index (χ0n) is 9.03. The fourth-order valence-corrected chi connectivity index (χ4v) is 0.770. The van der Waals surface area contributed by atoms with Crippen LogP contribution in [0.1, 0.15) is 24.2 Å². The van der Waals surface area contributed by atoms with E-state index < -0.39 is 0 Å². The molecule has 0 aliphatic rings. The van der Waals surface area contributed by atoms with E-state index in [9.17, 15) is 9.18 Å². The molecule has 1 amide bonds. The summed E-state index contributed by atoms with van der Waals surface area (Å²) in [5, 5.41) is 2.02. The van der Waals surface area contributed by atoms with Gasteiger partial charge < -0.3 is 0 Å². The first-order valence-corrected chi connectivity index (χ1v) is 4.80. The van der Waals surface area contributed by atoms with Crippen LogP contribution in [0.3, 0.4) is 0 Å². The number of amides is 1. The normalized spacial score (nSPS) is 6.93. The summed E-state index contributed by atoms with van der Waals surface area (Å²) < 4.78 is 9.50. The number of carbonyl (C=O) groups is 1. The van der Waals surface area contributed by atoms with Crippen molar-refractivity contribution in [1.82, 2.24) is 0 Å². The van der Waals surface area contributed by atoms with Gasteiger partial charge in [0.15, 0.2) is 0 Å². The van der Waals surface area contributed by atoms with Gasteiger partial charge in [0, 0.05) is 5.56 Å². The molecule has 0 unspecified atom stereocenters. The van der Waals surface area contributed by atoms with E-state index in [1.165, 1.54) is 0 Å². The Morgan fingerprint density at radius 3 is 2.13 bits per heavy atom. The number of aliphatic imine (C=N–C) groups is 1. The minimum Gasteiger partial charge on any atom is -0.266 e. The van der Waals surface area contributed by atoms with Crippen LogP contribution in [0.15, 0.2) is 35.3 Å². The number of carbonyl (C=O) groups excluding carboxylic acids is 1. The molecular formula is C11H14FNOS. The second-order valence-electron chi connectivity index (χ2n) is 1.87. The third-order valence-corrected chi connectivity index (χ3v) is 1.26. The van der Waals surface area contributed by atoms with Gasteiger partial charge >= 0.3 is 0 Å². The highest BCUT2D eigenvalue weighted by Crippen LogP contribution is 1.99. The van der Waals surface area contributed by atoms with Crippen molar-refractivity contribution < 1.29 is 9.18 Å². The van der Waals surface area contributed by atoms with Gasteiger partial charge in [-0.2, -0.15) is 4.99 Å². The number of hydrogen-bond donors (Lipinski definition) is 0. The van der Waals surface area contributed by atoms with Crippen LogP contribution in [0.5, 0.6) is 0 Å². The van der Waals surface area contributed by atoms with E-state index in [1.54, 1.807) is 24.3 Å². The molecule has 1 aromatic rings. The van der Waals surface area contributed by atoms with Crippen molar-refractivity contribution in [3.63, 3.8) is 0 Å². The second-order valence-corrected chi connectivity index (χ2v) is 2.06. The number of alkyl halides is 1. The largest absolute Gasteiger partial charge is 0.285 e. The zero-order valence-corrected chi connectivity index (χ0v) is 9.84. The monoisotopic (exact) mass is 227 g/mol. The van der Waals surface area contributed by atoms with Gasteiger partial charge in [-0.05, 0) is 24.4 Å². The van der Waals surface area contributed by atoms with Crippen LogP contribution in [0.2, 0.25) is 0 Å². The molecule has 0 aliphatic carbocycles. The molecule has 4 heteroatoms. The lowest BCUT2D eigenvalue weighted by Gasteiger charge is -1.89. The quantitative estimate of drug-likeness (QED) is 0.542. The Labute approximate surface area is 94.8 Å². The van der Waals surface area contributed by atoms with Crippen LogP contribution in [-0.2, 0) is 0 Å². The van der Waals surface area contributed by atoms with Crippen LogP contribution in [0.25, 0.3) is 0 Å². The molecule has 2 nitrogen and oxygen atoms in total. The summed E-state index contributed by atoms with van der Waals surface area (Å²) in [5.41, 5.74) is 0.532. The Hall–Kier alpha value is -1.38. The first-order chi connectivity index (χ1) is 7.34. The molecule has 0 aromatic heterocycles. The molecule has 82 valence electrons. The maximum absolute atomic E-state index is 10.9. The average Bonchev–Trinajstić information content (AvgIpc) is 2.36. The topological polar surface area (TPSA) is 29.4 Å². The second kappa shape index (κ2) is 12.6.